The van der Waals surface area contributed by atoms with E-state index in [4.69, 9.17) is 11.0 Å². The number of nitrogens with two attached hydrogens (primary N) is 1. The van der Waals surface area contributed by atoms with Crippen molar-refractivity contribution in [3.05, 3.63) is 58.5 Å². The van der Waals surface area contributed by atoms with Gasteiger partial charge >= 0.3 is 0 Å². The van der Waals surface area contributed by atoms with Crippen molar-refractivity contribution < 1.29 is 0 Å². The Labute approximate surface area is 92.2 Å². The molecule has 0 aliphatic heterocycles. The average molecular weight is 211 g/mol. The van der Waals surface area contributed by atoms with Gasteiger partial charge in [0.05, 0.1) is 0 Å². The summed E-state index contributed by atoms with van der Waals surface area (Å²) in [5, 5.41) is 8.75. The van der Waals surface area contributed by atoms with E-state index in [0.29, 0.717) is 11.4 Å². The van der Waals surface area contributed by atoms with Gasteiger partial charge < -0.3 is 5.73 Å². The molecule has 78 valence electrons. The van der Waals surface area contributed by atoms with Gasteiger partial charge in [0.25, 0.3) is 5.56 Å². The van der Waals surface area contributed by atoms with E-state index in [2.05, 4.69) is 0 Å². The Hall–Kier alpha value is -2.54. The molecule has 2 aromatic rings. The lowest BCUT2D eigenvalue weighted by Gasteiger charge is -2.05. The number of aromatic nitrogens is 1. The summed E-state index contributed by atoms with van der Waals surface area (Å²) in [5.41, 5.74) is 6.68. The number of anilines is 1. The number of nitrogens with zero attached hydrogens (tertiary/aromatic N) is 2. The van der Waals surface area contributed by atoms with E-state index in [1.807, 2.05) is 6.07 Å². The summed E-state index contributed by atoms with van der Waals surface area (Å²) < 4.78 is 1.41. The Morgan fingerprint density at radius 3 is 2.50 bits per heavy atom. The predicted octanol–water partition coefficient (Wildman–Crippen LogP) is 1.29. The zero-order chi connectivity index (χ0) is 11.5. The molecule has 0 fully saturated rings. The summed E-state index contributed by atoms with van der Waals surface area (Å²) in [4.78, 5) is 11.8. The topological polar surface area (TPSA) is 71.8 Å². The van der Waals surface area contributed by atoms with Crippen LogP contribution in [0, 0.1) is 11.3 Å². The zero-order valence-electron chi connectivity index (χ0n) is 8.42. The second-order valence-electron chi connectivity index (χ2n) is 3.30. The van der Waals surface area contributed by atoms with Crippen molar-refractivity contribution in [3.8, 4) is 11.8 Å². The average Bonchev–Trinajstić information content (AvgIpc) is 2.31. The fourth-order valence-corrected chi connectivity index (χ4v) is 1.42. The number of rotatable bonds is 1. The lowest BCUT2D eigenvalue weighted by atomic mass is 10.2. The summed E-state index contributed by atoms with van der Waals surface area (Å²) in [6.07, 6.45) is 1.62. The van der Waals surface area contributed by atoms with Crippen LogP contribution in [-0.4, -0.2) is 4.57 Å². The first-order valence-corrected chi connectivity index (χ1v) is 4.70. The standard InChI is InChI=1S/C12H9N3O/c13-8-9-2-1-7-15(12(9)16)11-5-3-10(14)4-6-11/h1-7H,14H2. The molecule has 0 radical (unpaired) electrons. The highest BCUT2D eigenvalue weighted by molar-refractivity contribution is 5.45. The minimum Gasteiger partial charge on any atom is -0.399 e. The Morgan fingerprint density at radius 2 is 1.88 bits per heavy atom. The maximum atomic E-state index is 11.8. The van der Waals surface area contributed by atoms with Crippen molar-refractivity contribution in [2.75, 3.05) is 5.73 Å². The molecule has 1 aromatic heterocycles. The smallest absolute Gasteiger partial charge is 0.272 e. The van der Waals surface area contributed by atoms with Gasteiger partial charge in [-0.05, 0) is 36.4 Å². The van der Waals surface area contributed by atoms with Crippen LogP contribution in [0.4, 0.5) is 5.69 Å². The summed E-state index contributed by atoms with van der Waals surface area (Å²) in [6, 6.07) is 11.9. The van der Waals surface area contributed by atoms with E-state index in [9.17, 15) is 4.79 Å². The minimum absolute atomic E-state index is 0.124. The molecular formula is C12H9N3O. The minimum atomic E-state index is -0.324. The SMILES string of the molecule is N#Cc1cccn(-c2ccc(N)cc2)c1=O. The van der Waals surface area contributed by atoms with E-state index in [1.165, 1.54) is 10.6 Å². The van der Waals surface area contributed by atoms with E-state index in [1.54, 1.807) is 36.5 Å². The largest absolute Gasteiger partial charge is 0.399 e. The van der Waals surface area contributed by atoms with E-state index < -0.39 is 0 Å². The van der Waals surface area contributed by atoms with Crippen molar-refractivity contribution in [2.24, 2.45) is 0 Å². The summed E-state index contributed by atoms with van der Waals surface area (Å²) in [6.45, 7) is 0. The quantitative estimate of drug-likeness (QED) is 0.722. The molecule has 2 N–H and O–H groups in total. The van der Waals surface area contributed by atoms with Crippen LogP contribution in [0.15, 0.2) is 47.4 Å². The summed E-state index contributed by atoms with van der Waals surface area (Å²) >= 11 is 0. The molecule has 0 amide bonds. The Bertz CT molecular complexity index is 605. The van der Waals surface area contributed by atoms with E-state index in [-0.39, 0.29) is 11.1 Å². The third kappa shape index (κ3) is 1.66. The molecule has 0 saturated heterocycles. The van der Waals surface area contributed by atoms with Crippen molar-refractivity contribution in [1.82, 2.24) is 4.57 Å². The third-order valence-corrected chi connectivity index (χ3v) is 2.24. The van der Waals surface area contributed by atoms with Gasteiger partial charge in [-0.2, -0.15) is 5.26 Å². The van der Waals surface area contributed by atoms with Gasteiger partial charge in [-0.25, -0.2) is 0 Å². The van der Waals surface area contributed by atoms with Crippen molar-refractivity contribution >= 4 is 5.69 Å². The van der Waals surface area contributed by atoms with Crippen molar-refractivity contribution in [3.63, 3.8) is 0 Å². The van der Waals surface area contributed by atoms with Crippen LogP contribution in [0.25, 0.3) is 5.69 Å². The molecule has 0 unspecified atom stereocenters. The number of hydrogen-bond donors (Lipinski definition) is 1. The Kier molecular flexibility index (Phi) is 2.44. The fourth-order valence-electron chi connectivity index (χ4n) is 1.42. The van der Waals surface area contributed by atoms with Crippen LogP contribution >= 0.6 is 0 Å². The first kappa shape index (κ1) is 9.99. The number of benzene rings is 1. The molecule has 1 aromatic carbocycles. The van der Waals surface area contributed by atoms with Crippen molar-refractivity contribution in [1.29, 1.82) is 5.26 Å². The molecule has 0 atom stereocenters. The second-order valence-corrected chi connectivity index (χ2v) is 3.30. The van der Waals surface area contributed by atoms with E-state index in [0.717, 1.165) is 0 Å². The van der Waals surface area contributed by atoms with Gasteiger partial charge in [0, 0.05) is 17.6 Å². The van der Waals surface area contributed by atoms with Gasteiger partial charge in [0.2, 0.25) is 0 Å². The predicted molar refractivity (Wildman–Crippen MR) is 61.2 cm³/mol. The first-order valence-electron chi connectivity index (χ1n) is 4.70. The molecule has 0 saturated carbocycles. The number of pyridine rings is 1. The maximum Gasteiger partial charge on any atom is 0.272 e. The molecule has 4 heteroatoms. The molecule has 0 aliphatic rings. The number of nitriles is 1. The van der Waals surface area contributed by atoms with E-state index >= 15 is 0 Å². The molecule has 4 nitrogen and oxygen atoms in total. The highest BCUT2D eigenvalue weighted by atomic mass is 16.1. The summed E-state index contributed by atoms with van der Waals surface area (Å²) in [7, 11) is 0. The molecule has 0 spiro atoms. The van der Waals surface area contributed by atoms with Crippen LogP contribution in [0.3, 0.4) is 0 Å². The van der Waals surface area contributed by atoms with Crippen LogP contribution < -0.4 is 11.3 Å². The highest BCUT2D eigenvalue weighted by Crippen LogP contribution is 2.08. The fraction of sp³-hybridized carbons (Fsp3) is 0. The lowest BCUT2D eigenvalue weighted by molar-refractivity contribution is 0.983. The molecule has 2 rings (SSSR count). The number of hydrogen-bond acceptors (Lipinski definition) is 3. The molecule has 0 aliphatic carbocycles. The maximum absolute atomic E-state index is 11.8. The summed E-state index contributed by atoms with van der Waals surface area (Å²) in [5.74, 6) is 0. The number of nitrogen functional groups attached to an aromatic ring is 1. The Morgan fingerprint density at radius 1 is 1.19 bits per heavy atom. The zero-order valence-corrected chi connectivity index (χ0v) is 8.42. The van der Waals surface area contributed by atoms with Crippen LogP contribution in [0.5, 0.6) is 0 Å². The second kappa shape index (κ2) is 3.91. The molecule has 0 bridgehead atoms. The monoisotopic (exact) mass is 211 g/mol. The van der Waals surface area contributed by atoms with Gasteiger partial charge in [-0.1, -0.05) is 0 Å². The Balaban J connectivity index is 2.62. The van der Waals surface area contributed by atoms with Gasteiger partial charge in [-0.3, -0.25) is 9.36 Å². The van der Waals surface area contributed by atoms with Gasteiger partial charge in [-0.15, -0.1) is 0 Å². The first-order chi connectivity index (χ1) is 7.72. The van der Waals surface area contributed by atoms with Crippen LogP contribution in [-0.2, 0) is 0 Å². The lowest BCUT2D eigenvalue weighted by Crippen LogP contribution is -2.19. The third-order valence-electron chi connectivity index (χ3n) is 2.24. The molecular weight excluding hydrogens is 202 g/mol. The van der Waals surface area contributed by atoms with Crippen molar-refractivity contribution in [2.45, 2.75) is 0 Å². The molecule has 1 heterocycles. The van der Waals surface area contributed by atoms with Crippen LogP contribution in [0.2, 0.25) is 0 Å². The van der Waals surface area contributed by atoms with Gasteiger partial charge in [0.1, 0.15) is 11.6 Å². The highest BCUT2D eigenvalue weighted by Gasteiger charge is 2.03. The normalized spacial score (nSPS) is 9.69. The molecule has 16 heavy (non-hydrogen) atoms. The van der Waals surface area contributed by atoms with Gasteiger partial charge in [0.15, 0.2) is 0 Å². The van der Waals surface area contributed by atoms with Crippen LogP contribution in [0.1, 0.15) is 5.56 Å².